The number of benzene rings is 3. The summed E-state index contributed by atoms with van der Waals surface area (Å²) in [6.45, 7) is 5.41. The number of halogens is 2. The van der Waals surface area contributed by atoms with Crippen molar-refractivity contribution >= 4 is 63.5 Å². The topological polar surface area (TPSA) is 116 Å². The smallest absolute Gasteiger partial charge is 0.338 e. The summed E-state index contributed by atoms with van der Waals surface area (Å²) in [4.78, 5) is 43.7. The number of hydrogen-bond donors (Lipinski definition) is 1. The van der Waals surface area contributed by atoms with E-state index >= 15 is 0 Å². The van der Waals surface area contributed by atoms with Gasteiger partial charge in [-0.15, -0.1) is 0 Å². The molecule has 0 amide bonds. The number of allylic oxidation sites excluding steroid dienone is 1. The number of hydrogen-bond acceptors (Lipinski definition) is 8. The molecule has 1 N–H and O–H groups in total. The van der Waals surface area contributed by atoms with E-state index in [1.165, 1.54) is 29.1 Å². The molecule has 5 rings (SSSR count). The van der Waals surface area contributed by atoms with Crippen LogP contribution in [-0.2, 0) is 16.1 Å². The monoisotopic (exact) mass is 758 g/mol. The minimum absolute atomic E-state index is 0.136. The van der Waals surface area contributed by atoms with Gasteiger partial charge in [0, 0.05) is 5.02 Å². The summed E-state index contributed by atoms with van der Waals surface area (Å²) >= 11 is 9.51. The molecule has 0 radical (unpaired) electrons. The van der Waals surface area contributed by atoms with Gasteiger partial charge in [-0.3, -0.25) is 9.36 Å². The van der Waals surface area contributed by atoms with Crippen LogP contribution in [0.25, 0.3) is 6.08 Å². The summed E-state index contributed by atoms with van der Waals surface area (Å²) in [6, 6.07) is 16.4. The SMILES string of the molecule is COc1cc(/C=c2\sc3n(c2=O)[C@H](c2ccc(Cl)cc2)C(C(=O)OC(C)C)=C(C)N=3)cc(I)c1OCc1cccc(C(=O)O)c1. The number of carboxylic acids is 1. The van der Waals surface area contributed by atoms with Crippen molar-refractivity contribution in [1.29, 1.82) is 0 Å². The van der Waals surface area contributed by atoms with Crippen molar-refractivity contribution in [3.63, 3.8) is 0 Å². The first-order valence-electron chi connectivity index (χ1n) is 13.8. The van der Waals surface area contributed by atoms with E-state index in [-0.39, 0.29) is 29.4 Å². The minimum Gasteiger partial charge on any atom is -0.493 e. The number of aromatic carboxylic acids is 1. The fraction of sp³-hybridized carbons (Fsp3) is 0.212. The van der Waals surface area contributed by atoms with E-state index in [2.05, 4.69) is 27.6 Å². The molecule has 45 heavy (non-hydrogen) atoms. The number of rotatable bonds is 9. The van der Waals surface area contributed by atoms with Crippen molar-refractivity contribution in [2.24, 2.45) is 4.99 Å². The first-order chi connectivity index (χ1) is 21.5. The first-order valence-corrected chi connectivity index (χ1v) is 16.1. The average Bonchev–Trinajstić information content (AvgIpc) is 3.29. The largest absolute Gasteiger partial charge is 0.493 e. The van der Waals surface area contributed by atoms with Crippen LogP contribution in [0.5, 0.6) is 11.5 Å². The summed E-state index contributed by atoms with van der Waals surface area (Å²) in [5.74, 6) is -0.613. The number of thiazole rings is 1. The van der Waals surface area contributed by atoms with Crippen LogP contribution in [0.15, 0.2) is 81.7 Å². The highest BCUT2D eigenvalue weighted by molar-refractivity contribution is 14.1. The molecule has 232 valence electrons. The number of carbonyl (C=O) groups excluding carboxylic acids is 1. The third-order valence-electron chi connectivity index (χ3n) is 6.88. The van der Waals surface area contributed by atoms with Crippen LogP contribution in [0.3, 0.4) is 0 Å². The number of carboxylic acid groups (broad SMARTS) is 1. The molecular formula is C33H28ClIN2O7S. The molecule has 12 heteroatoms. The van der Waals surface area contributed by atoms with Crippen molar-refractivity contribution in [2.75, 3.05) is 7.11 Å². The second-order valence-corrected chi connectivity index (χ2v) is 13.0. The lowest BCUT2D eigenvalue weighted by molar-refractivity contribution is -0.143. The molecule has 0 saturated heterocycles. The molecule has 0 aliphatic carbocycles. The van der Waals surface area contributed by atoms with E-state index in [0.29, 0.717) is 48.2 Å². The third kappa shape index (κ3) is 7.00. The molecule has 3 aromatic carbocycles. The summed E-state index contributed by atoms with van der Waals surface area (Å²) in [7, 11) is 1.52. The number of carbonyl (C=O) groups is 2. The zero-order chi connectivity index (χ0) is 32.4. The lowest BCUT2D eigenvalue weighted by atomic mass is 9.96. The lowest BCUT2D eigenvalue weighted by Crippen LogP contribution is -2.40. The van der Waals surface area contributed by atoms with Gasteiger partial charge in [-0.25, -0.2) is 14.6 Å². The predicted octanol–water partition coefficient (Wildman–Crippen LogP) is 5.73. The van der Waals surface area contributed by atoms with Crippen molar-refractivity contribution < 1.29 is 28.9 Å². The Labute approximate surface area is 281 Å². The molecule has 1 aliphatic heterocycles. The van der Waals surface area contributed by atoms with E-state index in [9.17, 15) is 19.5 Å². The highest BCUT2D eigenvalue weighted by Gasteiger charge is 2.33. The van der Waals surface area contributed by atoms with Gasteiger partial charge >= 0.3 is 11.9 Å². The standard InChI is InChI=1S/C33H28ClIN2O7S/c1-17(2)44-32(41)27-18(3)36-33-37(28(27)21-8-10-23(34)11-9-21)30(38)26(45-33)15-20-13-24(35)29(25(14-20)42-4)43-16-19-6-5-7-22(12-19)31(39)40/h5-15,17,28H,16H2,1-4H3,(H,39,40)/b26-15-/t28-/m1/s1. The predicted molar refractivity (Wildman–Crippen MR) is 180 cm³/mol. The Hall–Kier alpha value is -3.94. The van der Waals surface area contributed by atoms with E-state index in [0.717, 1.165) is 3.57 Å². The van der Waals surface area contributed by atoms with E-state index in [1.807, 2.05) is 6.07 Å². The molecule has 0 fully saturated rings. The maximum absolute atomic E-state index is 14.0. The van der Waals surface area contributed by atoms with Crippen LogP contribution >= 0.6 is 45.5 Å². The van der Waals surface area contributed by atoms with Gasteiger partial charge in [0.2, 0.25) is 0 Å². The number of fused-ring (bicyclic) bond motifs is 1. The fourth-order valence-corrected chi connectivity index (χ4v) is 6.84. The molecule has 0 saturated carbocycles. The quantitative estimate of drug-likeness (QED) is 0.171. The van der Waals surface area contributed by atoms with Gasteiger partial charge in [0.05, 0.1) is 44.2 Å². The van der Waals surface area contributed by atoms with E-state index in [1.54, 1.807) is 75.4 Å². The average molecular weight is 759 g/mol. The minimum atomic E-state index is -1.01. The number of ether oxygens (including phenoxy) is 3. The second-order valence-electron chi connectivity index (χ2n) is 10.4. The highest BCUT2D eigenvalue weighted by Crippen LogP contribution is 2.35. The van der Waals surface area contributed by atoms with Gasteiger partial charge in [-0.05, 0) is 103 Å². The van der Waals surface area contributed by atoms with Crippen LogP contribution in [0.2, 0.25) is 5.02 Å². The van der Waals surface area contributed by atoms with Crippen LogP contribution in [0, 0.1) is 3.57 Å². The zero-order valence-electron chi connectivity index (χ0n) is 24.7. The van der Waals surface area contributed by atoms with E-state index in [4.69, 9.17) is 25.8 Å². The maximum atomic E-state index is 14.0. The van der Waals surface area contributed by atoms with Crippen LogP contribution in [0.1, 0.15) is 53.9 Å². The van der Waals surface area contributed by atoms with Gasteiger partial charge in [-0.1, -0.05) is 47.2 Å². The molecule has 4 aromatic rings. The van der Waals surface area contributed by atoms with Gasteiger partial charge in [-0.2, -0.15) is 0 Å². The van der Waals surface area contributed by atoms with Crippen LogP contribution in [0.4, 0.5) is 0 Å². The van der Waals surface area contributed by atoms with Gasteiger partial charge in [0.1, 0.15) is 6.61 Å². The van der Waals surface area contributed by atoms with E-state index < -0.39 is 18.0 Å². The number of methoxy groups -OCH3 is 1. The Bertz CT molecular complexity index is 2020. The number of aromatic nitrogens is 1. The Morgan fingerprint density at radius 1 is 1.16 bits per heavy atom. The molecule has 1 aromatic heterocycles. The van der Waals surface area contributed by atoms with Crippen LogP contribution < -0.4 is 24.4 Å². The van der Waals surface area contributed by atoms with Gasteiger partial charge in [0.15, 0.2) is 16.3 Å². The Kier molecular flexibility index (Phi) is 9.80. The highest BCUT2D eigenvalue weighted by atomic mass is 127. The molecule has 0 unspecified atom stereocenters. The molecular weight excluding hydrogens is 731 g/mol. The molecule has 1 aliphatic rings. The molecule has 2 heterocycles. The van der Waals surface area contributed by atoms with Crippen molar-refractivity contribution in [3.8, 4) is 11.5 Å². The number of nitrogens with zero attached hydrogens (tertiary/aromatic N) is 2. The lowest BCUT2D eigenvalue weighted by Gasteiger charge is -2.25. The van der Waals surface area contributed by atoms with Crippen molar-refractivity contribution in [3.05, 3.63) is 122 Å². The fourth-order valence-electron chi connectivity index (χ4n) is 4.88. The molecule has 0 bridgehead atoms. The Morgan fingerprint density at radius 2 is 1.89 bits per heavy atom. The Morgan fingerprint density at radius 3 is 2.56 bits per heavy atom. The van der Waals surface area contributed by atoms with Crippen molar-refractivity contribution in [1.82, 2.24) is 4.57 Å². The summed E-state index contributed by atoms with van der Waals surface area (Å²) < 4.78 is 19.9. The van der Waals surface area contributed by atoms with Crippen LogP contribution in [-0.4, -0.2) is 34.8 Å². The molecule has 0 spiro atoms. The van der Waals surface area contributed by atoms with Crippen molar-refractivity contribution in [2.45, 2.75) is 39.5 Å². The number of esters is 1. The van der Waals surface area contributed by atoms with Gasteiger partial charge < -0.3 is 19.3 Å². The summed E-state index contributed by atoms with van der Waals surface area (Å²) in [5.41, 5.74) is 2.71. The molecule has 1 atom stereocenters. The maximum Gasteiger partial charge on any atom is 0.338 e. The van der Waals surface area contributed by atoms with Gasteiger partial charge in [0.25, 0.3) is 5.56 Å². The first kappa shape index (κ1) is 32.5. The normalized spacial score (nSPS) is 14.6. The Balaban J connectivity index is 1.55. The molecule has 9 nitrogen and oxygen atoms in total. The second kappa shape index (κ2) is 13.6. The summed E-state index contributed by atoms with van der Waals surface area (Å²) in [6.07, 6.45) is 1.39. The zero-order valence-corrected chi connectivity index (χ0v) is 28.4. The summed E-state index contributed by atoms with van der Waals surface area (Å²) in [5, 5.41) is 9.82. The third-order valence-corrected chi connectivity index (χ3v) is 8.91.